The first-order valence-electron chi connectivity index (χ1n) is 18.1. The van der Waals surface area contributed by atoms with Crippen LogP contribution in [-0.4, -0.2) is 9.13 Å². The van der Waals surface area contributed by atoms with E-state index < -0.39 is 5.41 Å². The Bertz CT molecular complexity index is 3030. The van der Waals surface area contributed by atoms with Gasteiger partial charge in [0.25, 0.3) is 0 Å². The van der Waals surface area contributed by atoms with Crippen molar-refractivity contribution in [3.63, 3.8) is 0 Å². The minimum atomic E-state index is -0.720. The van der Waals surface area contributed by atoms with Gasteiger partial charge in [-0.2, -0.15) is 0 Å². The second kappa shape index (κ2) is 10.5. The monoisotopic (exact) mass is 678 g/mol. The van der Waals surface area contributed by atoms with Crippen LogP contribution in [0.4, 0.5) is 0 Å². The Morgan fingerprint density at radius 3 is 1.38 bits per heavy atom. The van der Waals surface area contributed by atoms with Crippen LogP contribution >= 0.6 is 0 Å². The topological polar surface area (TPSA) is 28.3 Å². The van der Waals surface area contributed by atoms with Gasteiger partial charge in [-0.3, -0.25) is 0 Å². The molecule has 4 heterocycles. The molecule has 8 aromatic carbocycles. The minimum Gasteiger partial charge on any atom is -0.457 e. The SMILES string of the molecule is c1ccc2c(c1)Oc1cc(-n3c4ccccc4c4ccccc43)ccc1C21c2ccccc2Oc2c(-n3c4ccccc4c4ccccc43)cccc21. The zero-order valence-corrected chi connectivity index (χ0v) is 28.5. The Kier molecular flexibility index (Phi) is 5.67. The molecule has 12 rings (SSSR count). The third-order valence-corrected chi connectivity index (χ3v) is 11.4. The summed E-state index contributed by atoms with van der Waals surface area (Å²) in [4.78, 5) is 0. The zero-order valence-electron chi connectivity index (χ0n) is 28.5. The molecular formula is C49H30N2O2. The van der Waals surface area contributed by atoms with Crippen LogP contribution in [0.1, 0.15) is 22.3 Å². The highest BCUT2D eigenvalue weighted by Gasteiger charge is 2.51. The van der Waals surface area contributed by atoms with Crippen molar-refractivity contribution >= 4 is 43.6 Å². The number of fused-ring (bicyclic) bond motifs is 14. The molecule has 0 bridgehead atoms. The lowest BCUT2D eigenvalue weighted by Crippen LogP contribution is -2.37. The molecule has 0 amide bonds. The van der Waals surface area contributed by atoms with Crippen LogP contribution in [0.3, 0.4) is 0 Å². The number of hydrogen-bond donors (Lipinski definition) is 0. The highest BCUT2D eigenvalue weighted by molar-refractivity contribution is 6.10. The van der Waals surface area contributed by atoms with Crippen LogP contribution in [-0.2, 0) is 5.41 Å². The number of hydrogen-bond acceptors (Lipinski definition) is 2. The second-order valence-corrected chi connectivity index (χ2v) is 14.0. The molecular weight excluding hydrogens is 649 g/mol. The van der Waals surface area contributed by atoms with Gasteiger partial charge >= 0.3 is 0 Å². The summed E-state index contributed by atoms with van der Waals surface area (Å²) in [7, 11) is 0. The average Bonchev–Trinajstić information content (AvgIpc) is 3.73. The summed E-state index contributed by atoms with van der Waals surface area (Å²) < 4.78 is 18.8. The molecule has 0 radical (unpaired) electrons. The molecule has 0 fully saturated rings. The lowest BCUT2D eigenvalue weighted by Gasteiger charge is -2.45. The van der Waals surface area contributed by atoms with Gasteiger partial charge in [0.05, 0.1) is 33.2 Å². The Hall–Kier alpha value is -7.04. The van der Waals surface area contributed by atoms with E-state index >= 15 is 0 Å². The zero-order chi connectivity index (χ0) is 34.7. The van der Waals surface area contributed by atoms with Crippen molar-refractivity contribution in [2.24, 2.45) is 0 Å². The van der Waals surface area contributed by atoms with Crippen molar-refractivity contribution in [3.8, 4) is 34.4 Å². The van der Waals surface area contributed by atoms with Crippen molar-refractivity contribution in [2.75, 3.05) is 0 Å². The molecule has 2 aliphatic rings. The van der Waals surface area contributed by atoms with E-state index in [2.05, 4.69) is 191 Å². The highest BCUT2D eigenvalue weighted by atomic mass is 16.5. The summed E-state index contributed by atoms with van der Waals surface area (Å²) in [5, 5.41) is 4.89. The molecule has 0 aliphatic carbocycles. The van der Waals surface area contributed by atoms with Crippen LogP contribution in [0.15, 0.2) is 182 Å². The van der Waals surface area contributed by atoms with Gasteiger partial charge in [0.2, 0.25) is 0 Å². The van der Waals surface area contributed by atoms with Gasteiger partial charge < -0.3 is 18.6 Å². The van der Waals surface area contributed by atoms with E-state index in [1.165, 1.54) is 21.5 Å². The second-order valence-electron chi connectivity index (χ2n) is 14.0. The fourth-order valence-corrected chi connectivity index (χ4v) is 9.36. The van der Waals surface area contributed by atoms with Crippen molar-refractivity contribution in [2.45, 2.75) is 5.41 Å². The normalized spacial score (nSPS) is 15.5. The van der Waals surface area contributed by atoms with Crippen LogP contribution in [0.2, 0.25) is 0 Å². The summed E-state index contributed by atoms with van der Waals surface area (Å²) in [5.41, 5.74) is 10.3. The van der Waals surface area contributed by atoms with Gasteiger partial charge in [-0.1, -0.05) is 127 Å². The quantitative estimate of drug-likeness (QED) is 0.182. The van der Waals surface area contributed by atoms with Gasteiger partial charge in [0, 0.05) is 55.6 Å². The summed E-state index contributed by atoms with van der Waals surface area (Å²) >= 11 is 0. The first-order chi connectivity index (χ1) is 26.3. The number of ether oxygens (including phenoxy) is 2. The van der Waals surface area contributed by atoms with Crippen LogP contribution in [0, 0.1) is 0 Å². The van der Waals surface area contributed by atoms with E-state index in [1.807, 2.05) is 0 Å². The molecule has 0 saturated heterocycles. The molecule has 248 valence electrons. The molecule has 1 spiro atoms. The number of nitrogens with zero attached hydrogens (tertiary/aromatic N) is 2. The molecule has 10 aromatic rings. The third kappa shape index (κ3) is 3.69. The Morgan fingerprint density at radius 1 is 0.340 bits per heavy atom. The average molecular weight is 679 g/mol. The maximum absolute atomic E-state index is 7.10. The molecule has 2 aliphatic heterocycles. The van der Waals surface area contributed by atoms with E-state index in [1.54, 1.807) is 0 Å². The third-order valence-electron chi connectivity index (χ3n) is 11.4. The van der Waals surface area contributed by atoms with E-state index in [4.69, 9.17) is 9.47 Å². The predicted octanol–water partition coefficient (Wildman–Crippen LogP) is 12.5. The maximum Gasteiger partial charge on any atom is 0.156 e. The van der Waals surface area contributed by atoms with Gasteiger partial charge in [-0.05, 0) is 48.5 Å². The van der Waals surface area contributed by atoms with Crippen LogP contribution < -0.4 is 9.47 Å². The molecule has 0 saturated carbocycles. The van der Waals surface area contributed by atoms with Gasteiger partial charge in [0.15, 0.2) is 5.75 Å². The lowest BCUT2D eigenvalue weighted by atomic mass is 9.62. The molecule has 4 nitrogen and oxygen atoms in total. The highest BCUT2D eigenvalue weighted by Crippen LogP contribution is 2.62. The van der Waals surface area contributed by atoms with Crippen LogP contribution in [0.25, 0.3) is 55.0 Å². The summed E-state index contributed by atoms with van der Waals surface area (Å²) in [6.07, 6.45) is 0. The first-order valence-corrected chi connectivity index (χ1v) is 18.1. The van der Waals surface area contributed by atoms with Gasteiger partial charge in [-0.15, -0.1) is 0 Å². The standard InChI is InChI=1S/C49H30N2O2/c1-7-21-40-32(14-1)33-15-2-8-22-41(33)50(40)31-28-29-38-47(30-31)52-45-26-11-5-18-36(45)49(38)37-19-6-12-27-46(37)53-48-39(49)20-13-25-44(48)51-42-23-9-3-16-34(42)35-17-4-10-24-43(35)51/h1-30H. The van der Waals surface area contributed by atoms with Crippen molar-refractivity contribution in [3.05, 3.63) is 204 Å². The van der Waals surface area contributed by atoms with Crippen molar-refractivity contribution in [1.29, 1.82) is 0 Å². The summed E-state index contributed by atoms with van der Waals surface area (Å²) in [5.74, 6) is 3.34. The van der Waals surface area contributed by atoms with Crippen molar-refractivity contribution in [1.82, 2.24) is 9.13 Å². The number of rotatable bonds is 2. The van der Waals surface area contributed by atoms with E-state index in [9.17, 15) is 0 Å². The molecule has 53 heavy (non-hydrogen) atoms. The molecule has 0 N–H and O–H groups in total. The molecule has 2 aromatic heterocycles. The molecule has 1 unspecified atom stereocenters. The van der Waals surface area contributed by atoms with Crippen LogP contribution in [0.5, 0.6) is 23.0 Å². The smallest absolute Gasteiger partial charge is 0.156 e. The Morgan fingerprint density at radius 2 is 0.792 bits per heavy atom. The number of aromatic nitrogens is 2. The Labute approximate surface area is 305 Å². The molecule has 1 atom stereocenters. The Balaban J connectivity index is 1.18. The van der Waals surface area contributed by atoms with E-state index in [-0.39, 0.29) is 0 Å². The first kappa shape index (κ1) is 28.6. The lowest BCUT2D eigenvalue weighted by molar-refractivity contribution is 0.398. The number of para-hydroxylation sites is 7. The summed E-state index contributed by atoms with van der Waals surface area (Å²) in [6.45, 7) is 0. The molecule has 4 heteroatoms. The minimum absolute atomic E-state index is 0.720. The van der Waals surface area contributed by atoms with Crippen molar-refractivity contribution < 1.29 is 9.47 Å². The largest absolute Gasteiger partial charge is 0.457 e. The summed E-state index contributed by atoms with van der Waals surface area (Å²) in [6, 6.07) is 65.0. The van der Waals surface area contributed by atoms with E-state index in [0.717, 1.165) is 78.7 Å². The number of benzene rings is 8. The van der Waals surface area contributed by atoms with E-state index in [0.29, 0.717) is 0 Å². The van der Waals surface area contributed by atoms with Gasteiger partial charge in [-0.25, -0.2) is 0 Å². The fourth-order valence-electron chi connectivity index (χ4n) is 9.36. The fraction of sp³-hybridized carbons (Fsp3) is 0.0204. The maximum atomic E-state index is 7.10. The predicted molar refractivity (Wildman–Crippen MR) is 214 cm³/mol. The van der Waals surface area contributed by atoms with Gasteiger partial charge in [0.1, 0.15) is 17.2 Å².